The number of carboxylic acids is 1. The van der Waals surface area contributed by atoms with E-state index in [1.807, 2.05) is 39.0 Å². The minimum Gasteiger partial charge on any atom is -0.481 e. The number of H-pyrrole nitrogens is 2. The second-order valence-electron chi connectivity index (χ2n) is 14.8. The Labute approximate surface area is 321 Å². The summed E-state index contributed by atoms with van der Waals surface area (Å²) in [4.78, 5) is 72.0. The number of carboxylic acid groups (broad SMARTS) is 1. The van der Waals surface area contributed by atoms with Crippen molar-refractivity contribution in [2.45, 2.75) is 90.9 Å². The zero-order valence-electron chi connectivity index (χ0n) is 33.1. The van der Waals surface area contributed by atoms with E-state index in [4.69, 9.17) is 26.2 Å². The molecule has 0 saturated carbocycles. The van der Waals surface area contributed by atoms with Crippen molar-refractivity contribution in [3.8, 4) is 0 Å². The Morgan fingerprint density at radius 2 is 1.47 bits per heavy atom. The number of fused-ring (bicyclic) bond motifs is 8. The van der Waals surface area contributed by atoms with Crippen molar-refractivity contribution in [2.75, 3.05) is 46.4 Å². The molecule has 8 N–H and O–H groups in total. The lowest BCUT2D eigenvalue weighted by molar-refractivity contribution is -0.140. The molecular weight excluding hydrogens is 701 g/mol. The lowest BCUT2D eigenvalue weighted by atomic mass is 9.85. The van der Waals surface area contributed by atoms with Crippen LogP contribution in [0.5, 0.6) is 0 Å². The number of nitrogens with two attached hydrogens (primary N) is 2. The molecule has 0 saturated heterocycles. The van der Waals surface area contributed by atoms with Crippen LogP contribution in [0, 0.1) is 13.8 Å². The van der Waals surface area contributed by atoms with Crippen molar-refractivity contribution in [3.05, 3.63) is 68.8 Å². The highest BCUT2D eigenvalue weighted by molar-refractivity contribution is 6.06. The number of rotatable bonds is 15. The highest BCUT2D eigenvalue weighted by atomic mass is 16.5. The van der Waals surface area contributed by atoms with Gasteiger partial charge in [-0.15, -0.1) is 0 Å². The summed E-state index contributed by atoms with van der Waals surface area (Å²) in [6, 6.07) is 5.83. The van der Waals surface area contributed by atoms with Gasteiger partial charge in [-0.05, 0) is 62.9 Å². The number of aromatic amines is 2. The average molecular weight is 757 g/mol. The number of hydrogen-bond donors (Lipinski definition) is 6. The summed E-state index contributed by atoms with van der Waals surface area (Å²) in [7, 11) is 1.31. The Morgan fingerprint density at radius 3 is 2.09 bits per heavy atom. The summed E-state index contributed by atoms with van der Waals surface area (Å²) >= 11 is 0. The first-order valence-corrected chi connectivity index (χ1v) is 19.2. The van der Waals surface area contributed by atoms with Crippen LogP contribution < -0.4 is 16.8 Å². The van der Waals surface area contributed by atoms with Crippen molar-refractivity contribution >= 4 is 45.7 Å². The zero-order chi connectivity index (χ0) is 40.1. The molecule has 14 heteroatoms. The van der Waals surface area contributed by atoms with E-state index in [0.29, 0.717) is 95.0 Å². The second kappa shape index (κ2) is 17.7. The fourth-order valence-corrected chi connectivity index (χ4v) is 8.24. The molecule has 14 nitrogen and oxygen atoms in total. The molecule has 2 aliphatic heterocycles. The first kappa shape index (κ1) is 41.2. The third kappa shape index (κ3) is 8.66. The Morgan fingerprint density at radius 1 is 0.873 bits per heavy atom. The highest BCUT2D eigenvalue weighted by Gasteiger charge is 2.34. The third-order valence-electron chi connectivity index (χ3n) is 11.3. The van der Waals surface area contributed by atoms with Crippen LogP contribution in [0.25, 0.3) is 22.1 Å². The van der Waals surface area contributed by atoms with Gasteiger partial charge in [-0.25, -0.2) is 0 Å². The molecule has 8 bridgehead atoms. The second-order valence-corrected chi connectivity index (χ2v) is 14.8. The summed E-state index contributed by atoms with van der Waals surface area (Å²) in [5.74, 6) is -2.51. The van der Waals surface area contributed by atoms with Gasteiger partial charge in [0, 0.05) is 109 Å². The van der Waals surface area contributed by atoms with Crippen LogP contribution in [0.1, 0.15) is 131 Å². The monoisotopic (exact) mass is 756 g/mol. The van der Waals surface area contributed by atoms with Gasteiger partial charge in [0.05, 0.1) is 35.8 Å². The predicted octanol–water partition coefficient (Wildman–Crippen LogP) is 4.85. The lowest BCUT2D eigenvalue weighted by Gasteiger charge is -2.20. The minimum atomic E-state index is -0.956. The number of aliphatic carboxylic acids is 1. The van der Waals surface area contributed by atoms with Gasteiger partial charge in [0.25, 0.3) is 5.91 Å². The van der Waals surface area contributed by atoms with E-state index >= 15 is 0 Å². The molecule has 5 rings (SSSR count). The first-order valence-electron chi connectivity index (χ1n) is 19.2. The molecule has 0 aromatic carbocycles. The SMILES string of the molecule is CC[C@H]1c2cc3[nH]c(c(CC(=O)OC)c4nc(cc5[nH]c(cc(n2)[C@@H]1C)c(C(C)=O)c5C)[C@@H](C)[C@@H]4CCC(=O)O)c(C(=O)NCCN(CCN)CCN)c3C. The quantitative estimate of drug-likeness (QED) is 0.0909. The van der Waals surface area contributed by atoms with Gasteiger partial charge >= 0.3 is 11.9 Å². The molecule has 0 fully saturated rings. The standard InChI is InChI=1S/C41H56N8O6/c1-8-26-21(2)29-20-34-37(25(6)50)23(4)31(46-34)18-30-22(3)27(9-10-35(51)52)39(47-30)28(17-36(53)55-7)40-38(24(5)32(48-40)19-33(26)45-29)41(54)44-13-16-49(14-11-42)15-12-43/h18-22,26-27,46,48H,8-17,42-43H2,1-7H3,(H,44,54)(H,51,52)/t21-,22+,26-,27+/m1/s1. The maximum absolute atomic E-state index is 14.4. The van der Waals surface area contributed by atoms with Crippen LogP contribution in [0.2, 0.25) is 0 Å². The van der Waals surface area contributed by atoms with Crippen molar-refractivity contribution in [2.24, 2.45) is 11.5 Å². The zero-order valence-corrected chi connectivity index (χ0v) is 33.1. The summed E-state index contributed by atoms with van der Waals surface area (Å²) in [5.41, 5.74) is 19.7. The van der Waals surface area contributed by atoms with Crippen LogP contribution in [-0.4, -0.2) is 99.9 Å². The molecule has 3 aromatic heterocycles. The van der Waals surface area contributed by atoms with Gasteiger partial charge in [0.15, 0.2) is 5.78 Å². The molecular formula is C41H56N8O6. The smallest absolute Gasteiger partial charge is 0.310 e. The number of methoxy groups -OCH3 is 1. The fourth-order valence-electron chi connectivity index (χ4n) is 8.24. The van der Waals surface area contributed by atoms with E-state index < -0.39 is 17.9 Å². The molecule has 4 atom stereocenters. The molecule has 0 radical (unpaired) electrons. The van der Waals surface area contributed by atoms with Crippen LogP contribution >= 0.6 is 0 Å². The Kier molecular flexibility index (Phi) is 13.3. The molecule has 0 spiro atoms. The van der Waals surface area contributed by atoms with Gasteiger partial charge in [-0.1, -0.05) is 20.8 Å². The number of aryl methyl sites for hydroxylation is 2. The van der Waals surface area contributed by atoms with Crippen molar-refractivity contribution in [1.29, 1.82) is 0 Å². The van der Waals surface area contributed by atoms with Crippen molar-refractivity contribution < 1.29 is 29.0 Å². The van der Waals surface area contributed by atoms with Crippen LogP contribution in [-0.2, 0) is 20.7 Å². The average Bonchev–Trinajstić information content (AvgIpc) is 3.82. The number of ketones is 1. The lowest BCUT2D eigenvalue weighted by Crippen LogP contribution is -2.40. The summed E-state index contributed by atoms with van der Waals surface area (Å²) in [6.07, 6.45) is 0.690. The topological polar surface area (TPSA) is 222 Å². The van der Waals surface area contributed by atoms with E-state index in [1.54, 1.807) is 6.92 Å². The summed E-state index contributed by atoms with van der Waals surface area (Å²) in [6.45, 7) is 14.6. The number of carbonyl (C=O) groups is 4. The number of nitrogens with zero attached hydrogens (tertiary/aromatic N) is 3. The maximum atomic E-state index is 14.4. The number of esters is 1. The Balaban J connectivity index is 1.91. The summed E-state index contributed by atoms with van der Waals surface area (Å²) in [5, 5.41) is 12.9. The number of carbonyl (C=O) groups excluding carboxylic acids is 3. The molecule has 5 heterocycles. The fraction of sp³-hybridized carbons (Fsp3) is 0.512. The highest BCUT2D eigenvalue weighted by Crippen LogP contribution is 2.43. The predicted molar refractivity (Wildman–Crippen MR) is 213 cm³/mol. The normalized spacial score (nSPS) is 18.1. The first-order chi connectivity index (χ1) is 26.2. The van der Waals surface area contributed by atoms with E-state index in [-0.39, 0.29) is 48.7 Å². The number of aromatic nitrogens is 4. The van der Waals surface area contributed by atoms with Crippen molar-refractivity contribution in [1.82, 2.24) is 30.2 Å². The van der Waals surface area contributed by atoms with Gasteiger partial charge < -0.3 is 36.6 Å². The maximum Gasteiger partial charge on any atom is 0.310 e. The van der Waals surface area contributed by atoms with Crippen LogP contribution in [0.4, 0.5) is 0 Å². The van der Waals surface area contributed by atoms with E-state index in [2.05, 4.69) is 34.0 Å². The minimum absolute atomic E-state index is 0.0395. The van der Waals surface area contributed by atoms with Gasteiger partial charge in [-0.3, -0.25) is 34.0 Å². The number of hydrogen-bond acceptors (Lipinski definition) is 10. The number of amides is 1. The number of ether oxygens (including phenoxy) is 1. The Hall–Kier alpha value is -4.92. The molecule has 296 valence electrons. The molecule has 1 amide bonds. The molecule has 2 aliphatic rings. The largest absolute Gasteiger partial charge is 0.481 e. The van der Waals surface area contributed by atoms with Crippen LogP contribution in [0.3, 0.4) is 0 Å². The molecule has 55 heavy (non-hydrogen) atoms. The van der Waals surface area contributed by atoms with Crippen LogP contribution in [0.15, 0.2) is 18.2 Å². The third-order valence-corrected chi connectivity index (χ3v) is 11.3. The number of nitrogens with one attached hydrogen (secondary N) is 3. The van der Waals surface area contributed by atoms with Crippen molar-refractivity contribution in [3.63, 3.8) is 0 Å². The van der Waals surface area contributed by atoms with E-state index in [9.17, 15) is 24.3 Å². The molecule has 0 aliphatic carbocycles. The van der Waals surface area contributed by atoms with Gasteiger partial charge in [0.2, 0.25) is 0 Å². The van der Waals surface area contributed by atoms with E-state index in [0.717, 1.165) is 23.4 Å². The molecule has 3 aromatic rings. The van der Waals surface area contributed by atoms with Gasteiger partial charge in [0.1, 0.15) is 0 Å². The summed E-state index contributed by atoms with van der Waals surface area (Å²) < 4.78 is 5.19. The van der Waals surface area contributed by atoms with Gasteiger partial charge in [-0.2, -0.15) is 0 Å². The number of Topliss-reactive ketones (excluding diaryl/α,β-unsaturated/α-hetero) is 1. The van der Waals surface area contributed by atoms with E-state index in [1.165, 1.54) is 7.11 Å². The molecule has 0 unspecified atom stereocenters. The Bertz CT molecular complexity index is 2110.